The predicted molar refractivity (Wildman–Crippen MR) is 108 cm³/mol. The summed E-state index contributed by atoms with van der Waals surface area (Å²) >= 11 is 1.39. The molecular weight excluding hydrogens is 386 g/mol. The van der Waals surface area contributed by atoms with Gasteiger partial charge in [0.2, 0.25) is 17.6 Å². The molecular formula is C23H19NO4S. The van der Waals surface area contributed by atoms with Gasteiger partial charge in [0.25, 0.3) is 0 Å². The second-order valence-corrected chi connectivity index (χ2v) is 9.30. The Kier molecular flexibility index (Phi) is 3.63. The Balaban J connectivity index is 1.19. The first-order valence-electron chi connectivity index (χ1n) is 9.99. The van der Waals surface area contributed by atoms with Crippen molar-refractivity contribution in [1.82, 2.24) is 0 Å². The standard InChI is InChI=1S/C23H19NO4S/c25-18(19-2-1-9-29-19)11-28-13-5-3-12(4-6-13)24-22(26)20-14-7-8-15(17-10-16(14)17)21(20)23(24)27/h1-9,14-17,20-21H,10-11H2/t14-,15-,16-,17+,20-,21+/m1/s1. The summed E-state index contributed by atoms with van der Waals surface area (Å²) in [5.74, 6) is 1.60. The lowest BCUT2D eigenvalue weighted by Gasteiger charge is -2.37. The molecule has 1 aromatic carbocycles. The van der Waals surface area contributed by atoms with E-state index in [0.29, 0.717) is 28.1 Å². The molecule has 2 bridgehead atoms. The van der Waals surface area contributed by atoms with Crippen molar-refractivity contribution in [3.8, 4) is 5.75 Å². The van der Waals surface area contributed by atoms with Crippen molar-refractivity contribution >= 4 is 34.6 Å². The fourth-order valence-electron chi connectivity index (χ4n) is 5.56. The fourth-order valence-corrected chi connectivity index (χ4v) is 6.21. The highest BCUT2D eigenvalue weighted by atomic mass is 32.1. The summed E-state index contributed by atoms with van der Waals surface area (Å²) in [6.07, 6.45) is 5.51. The van der Waals surface area contributed by atoms with Crippen LogP contribution in [0.3, 0.4) is 0 Å². The first kappa shape index (κ1) is 17.2. The Morgan fingerprint density at radius 2 is 1.66 bits per heavy atom. The van der Waals surface area contributed by atoms with E-state index in [1.165, 1.54) is 16.2 Å². The van der Waals surface area contributed by atoms with E-state index in [1.807, 2.05) is 11.4 Å². The Hall–Kier alpha value is -2.73. The number of ketones is 1. The summed E-state index contributed by atoms with van der Waals surface area (Å²) in [7, 11) is 0. The van der Waals surface area contributed by atoms with Crippen LogP contribution in [-0.4, -0.2) is 24.2 Å². The van der Waals surface area contributed by atoms with Gasteiger partial charge in [0, 0.05) is 0 Å². The van der Waals surface area contributed by atoms with Gasteiger partial charge >= 0.3 is 0 Å². The molecule has 1 aliphatic heterocycles. The minimum atomic E-state index is -0.194. The van der Waals surface area contributed by atoms with Crippen LogP contribution in [0.2, 0.25) is 0 Å². The number of hydrogen-bond acceptors (Lipinski definition) is 5. The average Bonchev–Trinajstić information content (AvgIpc) is 3.31. The second kappa shape index (κ2) is 6.13. The predicted octanol–water partition coefficient (Wildman–Crippen LogP) is 3.57. The van der Waals surface area contributed by atoms with Crippen LogP contribution in [0.25, 0.3) is 0 Å². The maximum Gasteiger partial charge on any atom is 0.238 e. The van der Waals surface area contributed by atoms with Gasteiger partial charge in [-0.25, -0.2) is 0 Å². The highest BCUT2D eigenvalue weighted by Crippen LogP contribution is 2.65. The number of rotatable bonds is 5. The van der Waals surface area contributed by atoms with E-state index in [1.54, 1.807) is 30.3 Å². The number of anilines is 1. The SMILES string of the molecule is O=C(COc1ccc(N2C(=O)[C@@H]3[C@@H]4C=C[C@H]([C@@H]5C[C@H]45)[C@@H]3C2=O)cc1)c1cccs1. The maximum atomic E-state index is 13.1. The van der Waals surface area contributed by atoms with E-state index in [4.69, 9.17) is 4.74 Å². The van der Waals surface area contributed by atoms with Gasteiger partial charge in [-0.1, -0.05) is 18.2 Å². The zero-order valence-corrected chi connectivity index (χ0v) is 16.4. The molecule has 7 rings (SSSR count). The number of thiophene rings is 1. The number of Topliss-reactive ketones (excluding diaryl/α,β-unsaturated/α-hetero) is 1. The molecule has 2 amide bonds. The minimum Gasteiger partial charge on any atom is -0.485 e. The summed E-state index contributed by atoms with van der Waals surface area (Å²) in [5, 5.41) is 1.86. The average molecular weight is 405 g/mol. The van der Waals surface area contributed by atoms with Crippen LogP contribution in [-0.2, 0) is 9.59 Å². The number of nitrogens with zero attached hydrogens (tertiary/aromatic N) is 1. The lowest BCUT2D eigenvalue weighted by Crippen LogP contribution is -2.40. The summed E-state index contributed by atoms with van der Waals surface area (Å²) in [5.41, 5.74) is 0.583. The maximum absolute atomic E-state index is 13.1. The smallest absolute Gasteiger partial charge is 0.238 e. The quantitative estimate of drug-likeness (QED) is 0.433. The summed E-state index contributed by atoms with van der Waals surface area (Å²) in [6.45, 7) is -0.0383. The Morgan fingerprint density at radius 3 is 2.24 bits per heavy atom. The molecule has 1 saturated heterocycles. The molecule has 0 unspecified atom stereocenters. The molecule has 2 heterocycles. The molecule has 3 fully saturated rings. The molecule has 0 radical (unpaired) electrons. The molecule has 6 heteroatoms. The van der Waals surface area contributed by atoms with Crippen molar-refractivity contribution in [3.63, 3.8) is 0 Å². The van der Waals surface area contributed by atoms with Crippen LogP contribution in [0, 0.1) is 35.5 Å². The molecule has 29 heavy (non-hydrogen) atoms. The molecule has 146 valence electrons. The number of ether oxygens (including phenoxy) is 1. The van der Waals surface area contributed by atoms with Crippen molar-refractivity contribution in [3.05, 3.63) is 58.8 Å². The van der Waals surface area contributed by atoms with Crippen molar-refractivity contribution in [2.45, 2.75) is 6.42 Å². The number of carbonyl (C=O) groups is 3. The number of hydrogen-bond donors (Lipinski definition) is 0. The molecule has 0 spiro atoms. The number of benzene rings is 1. The van der Waals surface area contributed by atoms with Crippen LogP contribution >= 0.6 is 11.3 Å². The van der Waals surface area contributed by atoms with Crippen LogP contribution in [0.15, 0.2) is 53.9 Å². The molecule has 5 nitrogen and oxygen atoms in total. The first-order valence-corrected chi connectivity index (χ1v) is 10.9. The summed E-state index contributed by atoms with van der Waals surface area (Å²) < 4.78 is 5.58. The summed E-state index contributed by atoms with van der Waals surface area (Å²) in [6, 6.07) is 10.5. The van der Waals surface area contributed by atoms with Crippen molar-refractivity contribution in [2.24, 2.45) is 35.5 Å². The largest absolute Gasteiger partial charge is 0.485 e. The third-order valence-electron chi connectivity index (χ3n) is 6.92. The van der Waals surface area contributed by atoms with Gasteiger partial charge in [0.15, 0.2) is 6.61 Å². The van der Waals surface area contributed by atoms with Crippen LogP contribution < -0.4 is 9.64 Å². The Bertz CT molecular complexity index is 1010. The fraction of sp³-hybridized carbons (Fsp3) is 0.348. The van der Waals surface area contributed by atoms with E-state index in [9.17, 15) is 14.4 Å². The van der Waals surface area contributed by atoms with Gasteiger partial charge in [-0.15, -0.1) is 11.3 Å². The van der Waals surface area contributed by atoms with Gasteiger partial charge in [-0.05, 0) is 65.8 Å². The molecule has 1 aromatic heterocycles. The van der Waals surface area contributed by atoms with E-state index < -0.39 is 0 Å². The van der Waals surface area contributed by atoms with Gasteiger partial charge in [-0.3, -0.25) is 19.3 Å². The third kappa shape index (κ3) is 2.48. The normalized spacial score (nSPS) is 33.6. The lowest BCUT2D eigenvalue weighted by atomic mass is 9.63. The van der Waals surface area contributed by atoms with E-state index in [-0.39, 0.29) is 47.9 Å². The van der Waals surface area contributed by atoms with Gasteiger partial charge in [0.05, 0.1) is 22.4 Å². The molecule has 2 aromatic rings. The third-order valence-corrected chi connectivity index (χ3v) is 7.83. The number of imide groups is 1. The van der Waals surface area contributed by atoms with Crippen LogP contribution in [0.1, 0.15) is 16.1 Å². The number of amides is 2. The van der Waals surface area contributed by atoms with Crippen molar-refractivity contribution in [2.75, 3.05) is 11.5 Å². The lowest BCUT2D eigenvalue weighted by molar-refractivity contribution is -0.124. The minimum absolute atomic E-state index is 0.0383. The van der Waals surface area contributed by atoms with Crippen LogP contribution in [0.5, 0.6) is 5.75 Å². The zero-order valence-electron chi connectivity index (χ0n) is 15.6. The molecule has 2 saturated carbocycles. The molecule has 4 aliphatic carbocycles. The van der Waals surface area contributed by atoms with Gasteiger partial charge < -0.3 is 4.74 Å². The molecule has 0 N–H and O–H groups in total. The Labute approximate surface area is 172 Å². The Morgan fingerprint density at radius 1 is 1.00 bits per heavy atom. The highest BCUT2D eigenvalue weighted by Gasteiger charge is 2.67. The van der Waals surface area contributed by atoms with Crippen LogP contribution in [0.4, 0.5) is 5.69 Å². The highest BCUT2D eigenvalue weighted by molar-refractivity contribution is 7.12. The molecule has 5 aliphatic rings. The second-order valence-electron chi connectivity index (χ2n) is 8.35. The number of carbonyl (C=O) groups excluding carboxylic acids is 3. The van der Waals surface area contributed by atoms with E-state index >= 15 is 0 Å². The number of allylic oxidation sites excluding steroid dienone is 2. The molecule has 6 atom stereocenters. The van der Waals surface area contributed by atoms with Gasteiger partial charge in [0.1, 0.15) is 5.75 Å². The summed E-state index contributed by atoms with van der Waals surface area (Å²) in [4.78, 5) is 40.4. The van der Waals surface area contributed by atoms with Gasteiger partial charge in [-0.2, -0.15) is 0 Å². The van der Waals surface area contributed by atoms with Crippen molar-refractivity contribution in [1.29, 1.82) is 0 Å². The first-order chi connectivity index (χ1) is 14.1. The monoisotopic (exact) mass is 405 g/mol. The topological polar surface area (TPSA) is 63.7 Å². The van der Waals surface area contributed by atoms with E-state index in [2.05, 4.69) is 12.2 Å². The van der Waals surface area contributed by atoms with Crippen molar-refractivity contribution < 1.29 is 19.1 Å². The zero-order chi connectivity index (χ0) is 19.7. The van der Waals surface area contributed by atoms with E-state index in [0.717, 1.165) is 6.42 Å².